The van der Waals surface area contributed by atoms with E-state index in [0.29, 0.717) is 19.4 Å². The lowest BCUT2D eigenvalue weighted by atomic mass is 9.89. The quantitative estimate of drug-likeness (QED) is 0.553. The molecule has 3 rings (SSSR count). The molecular formula is C21H26N2O3S. The van der Waals surface area contributed by atoms with Crippen LogP contribution in [0.2, 0.25) is 0 Å². The summed E-state index contributed by atoms with van der Waals surface area (Å²) < 4.78 is 5.17. The first-order valence-electron chi connectivity index (χ1n) is 9.38. The number of nitrogens with zero attached hydrogens (tertiary/aromatic N) is 2. The van der Waals surface area contributed by atoms with Crippen LogP contribution in [-0.4, -0.2) is 41.1 Å². The SMILES string of the molecule is CSc1ccccc1C(=O)C1CCCN(C(=O)CCc2c(C)noc2C)C1. The van der Waals surface area contributed by atoms with Crippen LogP contribution < -0.4 is 0 Å². The lowest BCUT2D eigenvalue weighted by Crippen LogP contribution is -2.42. The second kappa shape index (κ2) is 8.74. The Morgan fingerprint density at radius 3 is 2.78 bits per heavy atom. The molecule has 1 aliphatic rings. The van der Waals surface area contributed by atoms with Crippen molar-refractivity contribution in [2.75, 3.05) is 19.3 Å². The summed E-state index contributed by atoms with van der Waals surface area (Å²) in [6.07, 6.45) is 4.75. The van der Waals surface area contributed by atoms with Crippen molar-refractivity contribution in [3.05, 3.63) is 46.8 Å². The third kappa shape index (κ3) is 4.43. The number of piperidine rings is 1. The Hall–Kier alpha value is -2.08. The van der Waals surface area contributed by atoms with Crippen LogP contribution in [0.3, 0.4) is 0 Å². The molecule has 6 heteroatoms. The van der Waals surface area contributed by atoms with Gasteiger partial charge in [-0.05, 0) is 45.4 Å². The van der Waals surface area contributed by atoms with Crippen LogP contribution in [0.15, 0.2) is 33.7 Å². The zero-order chi connectivity index (χ0) is 19.4. The number of aromatic nitrogens is 1. The number of hydrogen-bond donors (Lipinski definition) is 0. The molecule has 2 aromatic rings. The Bertz CT molecular complexity index is 811. The number of likely N-dealkylation sites (tertiary alicyclic amines) is 1. The topological polar surface area (TPSA) is 63.4 Å². The first-order valence-corrected chi connectivity index (χ1v) is 10.6. The summed E-state index contributed by atoms with van der Waals surface area (Å²) in [4.78, 5) is 28.6. The van der Waals surface area contributed by atoms with Crippen LogP contribution in [-0.2, 0) is 11.2 Å². The van der Waals surface area contributed by atoms with Gasteiger partial charge in [0.2, 0.25) is 5.91 Å². The van der Waals surface area contributed by atoms with Crippen LogP contribution in [0.5, 0.6) is 0 Å². The van der Waals surface area contributed by atoms with Crippen molar-refractivity contribution < 1.29 is 14.1 Å². The molecule has 0 spiro atoms. The molecule has 0 bridgehead atoms. The van der Waals surface area contributed by atoms with Gasteiger partial charge in [0.1, 0.15) is 5.76 Å². The van der Waals surface area contributed by atoms with E-state index >= 15 is 0 Å². The molecule has 1 amide bonds. The number of ketones is 1. The molecule has 2 heterocycles. The van der Waals surface area contributed by atoms with Gasteiger partial charge in [0.15, 0.2) is 5.78 Å². The summed E-state index contributed by atoms with van der Waals surface area (Å²) in [6, 6.07) is 7.73. The summed E-state index contributed by atoms with van der Waals surface area (Å²) in [7, 11) is 0. The molecule has 27 heavy (non-hydrogen) atoms. The average Bonchev–Trinajstić information content (AvgIpc) is 3.03. The van der Waals surface area contributed by atoms with E-state index in [4.69, 9.17) is 4.52 Å². The fourth-order valence-electron chi connectivity index (χ4n) is 3.73. The number of aryl methyl sites for hydroxylation is 2. The predicted molar refractivity (Wildman–Crippen MR) is 106 cm³/mol. The summed E-state index contributed by atoms with van der Waals surface area (Å²) in [5.74, 6) is 0.921. The van der Waals surface area contributed by atoms with Gasteiger partial charge in [0, 0.05) is 41.5 Å². The molecule has 1 aliphatic heterocycles. The van der Waals surface area contributed by atoms with Gasteiger partial charge in [-0.2, -0.15) is 0 Å². The monoisotopic (exact) mass is 386 g/mol. The number of thioether (sulfide) groups is 1. The average molecular weight is 387 g/mol. The van der Waals surface area contributed by atoms with E-state index in [9.17, 15) is 9.59 Å². The van der Waals surface area contributed by atoms with Gasteiger partial charge >= 0.3 is 0 Å². The van der Waals surface area contributed by atoms with Crippen molar-refractivity contribution >= 4 is 23.5 Å². The lowest BCUT2D eigenvalue weighted by molar-refractivity contribution is -0.132. The highest BCUT2D eigenvalue weighted by Crippen LogP contribution is 2.27. The number of hydrogen-bond acceptors (Lipinski definition) is 5. The number of amides is 1. The molecule has 144 valence electrons. The number of carbonyl (C=O) groups excluding carboxylic acids is 2. The molecule has 1 aromatic carbocycles. The smallest absolute Gasteiger partial charge is 0.222 e. The van der Waals surface area contributed by atoms with Gasteiger partial charge in [-0.1, -0.05) is 23.4 Å². The fraction of sp³-hybridized carbons (Fsp3) is 0.476. The molecule has 1 aromatic heterocycles. The number of rotatable bonds is 6. The Labute approximate surface area is 164 Å². The minimum atomic E-state index is -0.116. The molecule has 1 saturated heterocycles. The van der Waals surface area contributed by atoms with E-state index in [1.54, 1.807) is 11.8 Å². The first kappa shape index (κ1) is 19.7. The van der Waals surface area contributed by atoms with Crippen molar-refractivity contribution in [2.24, 2.45) is 5.92 Å². The molecule has 1 fully saturated rings. The molecular weight excluding hydrogens is 360 g/mol. The van der Waals surface area contributed by atoms with Crippen LogP contribution in [0.25, 0.3) is 0 Å². The molecule has 0 radical (unpaired) electrons. The molecule has 0 saturated carbocycles. The van der Waals surface area contributed by atoms with Crippen molar-refractivity contribution in [1.29, 1.82) is 0 Å². The molecule has 5 nitrogen and oxygen atoms in total. The summed E-state index contributed by atoms with van der Waals surface area (Å²) >= 11 is 1.59. The van der Waals surface area contributed by atoms with E-state index in [1.165, 1.54) is 0 Å². The number of Topliss-reactive ketones (excluding diaryl/α,β-unsaturated/α-hetero) is 1. The van der Waals surface area contributed by atoms with E-state index in [0.717, 1.165) is 46.9 Å². The van der Waals surface area contributed by atoms with Crippen molar-refractivity contribution in [3.63, 3.8) is 0 Å². The molecule has 0 N–H and O–H groups in total. The zero-order valence-electron chi connectivity index (χ0n) is 16.2. The third-order valence-electron chi connectivity index (χ3n) is 5.29. The Morgan fingerprint density at radius 2 is 2.07 bits per heavy atom. The van der Waals surface area contributed by atoms with E-state index in [-0.39, 0.29) is 17.6 Å². The fourth-order valence-corrected chi connectivity index (χ4v) is 4.34. The van der Waals surface area contributed by atoms with Crippen LogP contribution >= 0.6 is 11.8 Å². The van der Waals surface area contributed by atoms with E-state index < -0.39 is 0 Å². The molecule has 1 atom stereocenters. The number of carbonyl (C=O) groups is 2. The minimum Gasteiger partial charge on any atom is -0.361 e. The third-order valence-corrected chi connectivity index (χ3v) is 6.08. The number of benzene rings is 1. The van der Waals surface area contributed by atoms with E-state index in [2.05, 4.69) is 5.16 Å². The highest BCUT2D eigenvalue weighted by atomic mass is 32.2. The Kier molecular flexibility index (Phi) is 6.37. The highest BCUT2D eigenvalue weighted by Gasteiger charge is 2.30. The van der Waals surface area contributed by atoms with Gasteiger partial charge in [-0.25, -0.2) is 0 Å². The minimum absolute atomic E-state index is 0.102. The van der Waals surface area contributed by atoms with Crippen molar-refractivity contribution in [3.8, 4) is 0 Å². The lowest BCUT2D eigenvalue weighted by Gasteiger charge is -2.32. The van der Waals surface area contributed by atoms with Gasteiger partial charge in [-0.3, -0.25) is 9.59 Å². The Morgan fingerprint density at radius 1 is 1.30 bits per heavy atom. The predicted octanol–water partition coefficient (Wildman–Crippen LogP) is 4.07. The van der Waals surface area contributed by atoms with Gasteiger partial charge < -0.3 is 9.42 Å². The van der Waals surface area contributed by atoms with Gasteiger partial charge in [0.05, 0.1) is 5.69 Å². The normalized spacial score (nSPS) is 17.1. The highest BCUT2D eigenvalue weighted by molar-refractivity contribution is 7.98. The maximum absolute atomic E-state index is 13.0. The van der Waals surface area contributed by atoms with Crippen LogP contribution in [0.4, 0.5) is 0 Å². The summed E-state index contributed by atoms with van der Waals surface area (Å²) in [5, 5.41) is 3.95. The Balaban J connectivity index is 1.63. The van der Waals surface area contributed by atoms with Crippen molar-refractivity contribution in [1.82, 2.24) is 10.1 Å². The van der Waals surface area contributed by atoms with Gasteiger partial charge in [-0.15, -0.1) is 11.8 Å². The summed E-state index contributed by atoms with van der Waals surface area (Å²) in [5.41, 5.74) is 2.64. The standard InChI is InChI=1S/C21H26N2O3S/c1-14-17(15(2)26-22-14)10-11-20(24)23-12-6-7-16(13-23)21(25)18-8-4-5-9-19(18)27-3/h4-5,8-9,16H,6-7,10-13H2,1-3H3. The maximum atomic E-state index is 13.0. The van der Waals surface area contributed by atoms with Crippen LogP contribution in [0.1, 0.15) is 46.6 Å². The van der Waals surface area contributed by atoms with Gasteiger partial charge in [0.25, 0.3) is 0 Å². The molecule has 0 aliphatic carbocycles. The maximum Gasteiger partial charge on any atom is 0.222 e. The first-order chi connectivity index (χ1) is 13.0. The van der Waals surface area contributed by atoms with E-state index in [1.807, 2.05) is 49.3 Å². The second-order valence-corrected chi connectivity index (χ2v) is 7.89. The molecule has 1 unspecified atom stereocenters. The largest absolute Gasteiger partial charge is 0.361 e. The summed E-state index contributed by atoms with van der Waals surface area (Å²) in [6.45, 7) is 5.02. The zero-order valence-corrected chi connectivity index (χ0v) is 17.0. The van der Waals surface area contributed by atoms with Crippen molar-refractivity contribution in [2.45, 2.75) is 44.4 Å². The second-order valence-electron chi connectivity index (χ2n) is 7.05. The van der Waals surface area contributed by atoms with Crippen LogP contribution in [0, 0.1) is 19.8 Å².